The van der Waals surface area contributed by atoms with Gasteiger partial charge >= 0.3 is 0 Å². The molecule has 0 radical (unpaired) electrons. The third-order valence-electron chi connectivity index (χ3n) is 5.14. The number of benzene rings is 1. The molecule has 1 atom stereocenters. The van der Waals surface area contributed by atoms with Crippen LogP contribution in [0.3, 0.4) is 0 Å². The molecule has 1 N–H and O–H groups in total. The Balaban J connectivity index is 1.52. The van der Waals surface area contributed by atoms with E-state index >= 15 is 0 Å². The molecule has 148 valence electrons. The number of hydrogen-bond acceptors (Lipinski definition) is 4. The number of carbonyl (C=O) groups is 2. The average molecular weight is 392 g/mol. The number of hydrogen-bond donors (Lipinski definition) is 1. The SMILES string of the molecule is Cc1ccc(NC(=O)C2CCCN(C(=O)c3cc(F)cc4cccnc34)C2)nc1. The van der Waals surface area contributed by atoms with E-state index in [9.17, 15) is 14.0 Å². The first kappa shape index (κ1) is 19.0. The second-order valence-electron chi connectivity index (χ2n) is 7.33. The van der Waals surface area contributed by atoms with Crippen LogP contribution in [0.5, 0.6) is 0 Å². The minimum atomic E-state index is -0.481. The maximum atomic E-state index is 14.0. The Bertz CT molecular complexity index is 1070. The summed E-state index contributed by atoms with van der Waals surface area (Å²) in [5, 5.41) is 3.39. The maximum absolute atomic E-state index is 14.0. The fourth-order valence-corrected chi connectivity index (χ4v) is 3.63. The predicted molar refractivity (Wildman–Crippen MR) is 108 cm³/mol. The number of likely N-dealkylation sites (tertiary alicyclic amines) is 1. The Kier molecular flexibility index (Phi) is 5.20. The maximum Gasteiger partial charge on any atom is 0.256 e. The lowest BCUT2D eigenvalue weighted by Crippen LogP contribution is -2.44. The standard InChI is InChI=1S/C22H21FN4O2/c1-14-6-7-19(25-12-14)26-21(28)16-5-3-9-27(13-16)22(29)18-11-17(23)10-15-4-2-8-24-20(15)18/h2,4,6-8,10-12,16H,3,5,9,13H2,1H3,(H,25,26,28). The third kappa shape index (κ3) is 4.08. The van der Waals surface area contributed by atoms with Crippen LogP contribution in [0.15, 0.2) is 48.8 Å². The molecule has 4 rings (SSSR count). The number of aromatic nitrogens is 2. The van der Waals surface area contributed by atoms with Crippen LogP contribution in [0, 0.1) is 18.7 Å². The first-order valence-electron chi connectivity index (χ1n) is 9.58. The Labute approximate surface area is 167 Å². The van der Waals surface area contributed by atoms with Gasteiger partial charge in [-0.3, -0.25) is 14.6 Å². The number of fused-ring (bicyclic) bond motifs is 1. The minimum absolute atomic E-state index is 0.166. The van der Waals surface area contributed by atoms with Crippen LogP contribution in [0.1, 0.15) is 28.8 Å². The van der Waals surface area contributed by atoms with Gasteiger partial charge in [-0.2, -0.15) is 0 Å². The number of anilines is 1. The Hall–Kier alpha value is -3.35. The second kappa shape index (κ2) is 7.95. The highest BCUT2D eigenvalue weighted by Crippen LogP contribution is 2.24. The Morgan fingerprint density at radius 2 is 2.07 bits per heavy atom. The molecule has 3 heterocycles. The molecular weight excluding hydrogens is 371 g/mol. The van der Waals surface area contributed by atoms with Crippen molar-refractivity contribution in [3.8, 4) is 0 Å². The molecule has 7 heteroatoms. The predicted octanol–water partition coefficient (Wildman–Crippen LogP) is 3.57. The third-order valence-corrected chi connectivity index (χ3v) is 5.14. The van der Waals surface area contributed by atoms with E-state index < -0.39 is 5.82 Å². The summed E-state index contributed by atoms with van der Waals surface area (Å²) < 4.78 is 14.0. The lowest BCUT2D eigenvalue weighted by molar-refractivity contribution is -0.121. The number of pyridine rings is 2. The van der Waals surface area contributed by atoms with Gasteiger partial charge in [-0.05, 0) is 49.6 Å². The molecule has 0 saturated carbocycles. The normalized spacial score (nSPS) is 16.6. The molecule has 1 fully saturated rings. The minimum Gasteiger partial charge on any atom is -0.338 e. The zero-order chi connectivity index (χ0) is 20.4. The van der Waals surface area contributed by atoms with E-state index in [0.717, 1.165) is 5.56 Å². The number of nitrogens with zero attached hydrogens (tertiary/aromatic N) is 3. The van der Waals surface area contributed by atoms with Crippen LogP contribution >= 0.6 is 0 Å². The zero-order valence-corrected chi connectivity index (χ0v) is 16.1. The van der Waals surface area contributed by atoms with Crippen LogP contribution in [0.25, 0.3) is 10.9 Å². The average Bonchev–Trinajstić information content (AvgIpc) is 2.74. The molecule has 2 amide bonds. The lowest BCUT2D eigenvalue weighted by Gasteiger charge is -2.32. The van der Waals surface area contributed by atoms with E-state index in [1.54, 1.807) is 35.5 Å². The molecule has 1 saturated heterocycles. The summed E-state index contributed by atoms with van der Waals surface area (Å²) in [5.41, 5.74) is 1.70. The molecule has 1 aromatic carbocycles. The number of halogens is 1. The fraction of sp³-hybridized carbons (Fsp3) is 0.273. The van der Waals surface area contributed by atoms with Crippen LogP contribution in [0.2, 0.25) is 0 Å². The van der Waals surface area contributed by atoms with Crippen molar-refractivity contribution in [3.05, 3.63) is 65.7 Å². The first-order valence-corrected chi connectivity index (χ1v) is 9.58. The highest BCUT2D eigenvalue weighted by molar-refractivity contribution is 6.05. The Morgan fingerprint density at radius 1 is 1.21 bits per heavy atom. The van der Waals surface area contributed by atoms with Gasteiger partial charge in [-0.25, -0.2) is 9.37 Å². The molecule has 1 unspecified atom stereocenters. The quantitative estimate of drug-likeness (QED) is 0.739. The van der Waals surface area contributed by atoms with E-state index in [-0.39, 0.29) is 29.8 Å². The fourth-order valence-electron chi connectivity index (χ4n) is 3.63. The summed E-state index contributed by atoms with van der Waals surface area (Å²) >= 11 is 0. The number of carbonyl (C=O) groups excluding carboxylic acids is 2. The summed E-state index contributed by atoms with van der Waals surface area (Å²) in [5.74, 6) is -0.807. The van der Waals surface area contributed by atoms with Gasteiger partial charge in [0, 0.05) is 30.9 Å². The molecule has 3 aromatic rings. The van der Waals surface area contributed by atoms with Gasteiger partial charge in [0.15, 0.2) is 0 Å². The zero-order valence-electron chi connectivity index (χ0n) is 16.1. The number of piperidine rings is 1. The molecule has 0 bridgehead atoms. The smallest absolute Gasteiger partial charge is 0.256 e. The van der Waals surface area contributed by atoms with Crippen molar-refractivity contribution in [2.45, 2.75) is 19.8 Å². The second-order valence-corrected chi connectivity index (χ2v) is 7.33. The number of nitrogens with one attached hydrogen (secondary N) is 1. The van der Waals surface area contributed by atoms with E-state index in [1.165, 1.54) is 12.1 Å². The molecular formula is C22H21FN4O2. The topological polar surface area (TPSA) is 75.2 Å². The van der Waals surface area contributed by atoms with Crippen molar-refractivity contribution in [1.82, 2.24) is 14.9 Å². The first-order chi connectivity index (χ1) is 14.0. The van der Waals surface area contributed by atoms with Crippen LogP contribution in [-0.4, -0.2) is 39.8 Å². The van der Waals surface area contributed by atoms with Crippen molar-refractivity contribution in [2.24, 2.45) is 5.92 Å². The Morgan fingerprint density at radius 3 is 2.86 bits per heavy atom. The van der Waals surface area contributed by atoms with Crippen LogP contribution in [0.4, 0.5) is 10.2 Å². The highest BCUT2D eigenvalue weighted by atomic mass is 19.1. The molecule has 1 aliphatic rings. The monoisotopic (exact) mass is 392 g/mol. The molecule has 0 spiro atoms. The van der Waals surface area contributed by atoms with Gasteiger partial charge in [-0.15, -0.1) is 0 Å². The number of rotatable bonds is 3. The molecule has 2 aromatic heterocycles. The van der Waals surface area contributed by atoms with Crippen molar-refractivity contribution >= 4 is 28.5 Å². The number of amides is 2. The summed E-state index contributed by atoms with van der Waals surface area (Å²) in [6, 6.07) is 9.64. The lowest BCUT2D eigenvalue weighted by atomic mass is 9.96. The van der Waals surface area contributed by atoms with Gasteiger partial charge < -0.3 is 10.2 Å². The van der Waals surface area contributed by atoms with E-state index in [1.807, 2.05) is 13.0 Å². The van der Waals surface area contributed by atoms with Gasteiger partial charge in [0.2, 0.25) is 5.91 Å². The highest BCUT2D eigenvalue weighted by Gasteiger charge is 2.30. The van der Waals surface area contributed by atoms with Gasteiger partial charge in [0.05, 0.1) is 17.0 Å². The summed E-state index contributed by atoms with van der Waals surface area (Å²) in [7, 11) is 0. The van der Waals surface area contributed by atoms with Crippen molar-refractivity contribution < 1.29 is 14.0 Å². The molecule has 0 aliphatic carbocycles. The van der Waals surface area contributed by atoms with Crippen LogP contribution in [-0.2, 0) is 4.79 Å². The molecule has 6 nitrogen and oxygen atoms in total. The van der Waals surface area contributed by atoms with E-state index in [0.29, 0.717) is 36.1 Å². The van der Waals surface area contributed by atoms with Crippen molar-refractivity contribution in [3.63, 3.8) is 0 Å². The largest absolute Gasteiger partial charge is 0.338 e. The van der Waals surface area contributed by atoms with Crippen LogP contribution < -0.4 is 5.32 Å². The molecule has 1 aliphatic heterocycles. The van der Waals surface area contributed by atoms with Crippen molar-refractivity contribution in [1.29, 1.82) is 0 Å². The molecule has 29 heavy (non-hydrogen) atoms. The van der Waals surface area contributed by atoms with Crippen molar-refractivity contribution in [2.75, 3.05) is 18.4 Å². The van der Waals surface area contributed by atoms with Gasteiger partial charge in [0.1, 0.15) is 11.6 Å². The van der Waals surface area contributed by atoms with E-state index in [4.69, 9.17) is 0 Å². The van der Waals surface area contributed by atoms with Gasteiger partial charge in [0.25, 0.3) is 5.91 Å². The van der Waals surface area contributed by atoms with E-state index in [2.05, 4.69) is 15.3 Å². The summed E-state index contributed by atoms with van der Waals surface area (Å²) in [6.07, 6.45) is 4.65. The van der Waals surface area contributed by atoms with Gasteiger partial charge in [-0.1, -0.05) is 12.1 Å². The summed E-state index contributed by atoms with van der Waals surface area (Å²) in [6.45, 7) is 2.73. The summed E-state index contributed by atoms with van der Waals surface area (Å²) in [4.78, 5) is 35.8. The number of aryl methyl sites for hydroxylation is 1.